The first kappa shape index (κ1) is 15.3. The van der Waals surface area contributed by atoms with Crippen LogP contribution in [0.3, 0.4) is 0 Å². The van der Waals surface area contributed by atoms with Gasteiger partial charge < -0.3 is 13.5 Å². The van der Waals surface area contributed by atoms with Gasteiger partial charge in [-0.1, -0.05) is 12.1 Å². The van der Waals surface area contributed by atoms with E-state index in [9.17, 15) is 8.42 Å². The Bertz CT molecular complexity index is 593. The minimum absolute atomic E-state index is 0.250. The molecule has 0 aliphatic carbocycles. The van der Waals surface area contributed by atoms with E-state index in [1.165, 1.54) is 0 Å². The first-order valence-electron chi connectivity index (χ1n) is 6.35. The zero-order valence-electron chi connectivity index (χ0n) is 12.3. The Hall–Kier alpha value is -1.05. The maximum atomic E-state index is 11.2. The molecule has 0 N–H and O–H groups in total. The van der Waals surface area contributed by atoms with Crippen LogP contribution in [0.15, 0.2) is 24.3 Å². The molecule has 0 amide bonds. The lowest BCUT2D eigenvalue weighted by Gasteiger charge is -2.32. The van der Waals surface area contributed by atoms with Gasteiger partial charge in [0, 0.05) is 0 Å². The molecule has 0 unspecified atom stereocenters. The predicted molar refractivity (Wildman–Crippen MR) is 77.6 cm³/mol. The molecule has 1 aromatic rings. The standard InChI is InChI=1S/C13H19BO5S/c1-12(2)13(3,4)19-14(18-12)10-7-6-8-11(9-10)17-20(5,15)16/h6-9H,1-5H3. The van der Waals surface area contributed by atoms with E-state index in [0.717, 1.165) is 11.7 Å². The Morgan fingerprint density at radius 3 is 2.15 bits per heavy atom. The summed E-state index contributed by atoms with van der Waals surface area (Å²) in [5, 5.41) is 0. The second-order valence-electron chi connectivity index (χ2n) is 5.95. The predicted octanol–water partition coefficient (Wildman–Crippen LogP) is 1.32. The van der Waals surface area contributed by atoms with E-state index in [0.29, 0.717) is 0 Å². The molecule has 0 aromatic heterocycles. The Balaban J connectivity index is 2.25. The third-order valence-electron chi connectivity index (χ3n) is 3.63. The largest absolute Gasteiger partial charge is 0.494 e. The highest BCUT2D eigenvalue weighted by molar-refractivity contribution is 7.86. The first-order chi connectivity index (χ1) is 9.00. The van der Waals surface area contributed by atoms with E-state index in [1.807, 2.05) is 33.8 Å². The van der Waals surface area contributed by atoms with Crippen LogP contribution in [0.1, 0.15) is 27.7 Å². The maximum Gasteiger partial charge on any atom is 0.494 e. The van der Waals surface area contributed by atoms with Gasteiger partial charge in [0.1, 0.15) is 5.75 Å². The van der Waals surface area contributed by atoms with Crippen LogP contribution >= 0.6 is 0 Å². The molecule has 1 saturated heterocycles. The number of benzene rings is 1. The zero-order chi connectivity index (χ0) is 15.2. The van der Waals surface area contributed by atoms with E-state index < -0.39 is 28.4 Å². The van der Waals surface area contributed by atoms with Crippen molar-refractivity contribution >= 4 is 22.7 Å². The fraction of sp³-hybridized carbons (Fsp3) is 0.538. The lowest BCUT2D eigenvalue weighted by molar-refractivity contribution is 0.00578. The molecule has 1 fully saturated rings. The minimum atomic E-state index is -3.54. The Morgan fingerprint density at radius 1 is 1.10 bits per heavy atom. The summed E-state index contributed by atoms with van der Waals surface area (Å²) in [5.41, 5.74) is -0.152. The summed E-state index contributed by atoms with van der Waals surface area (Å²) < 4.78 is 39.0. The van der Waals surface area contributed by atoms with Crippen molar-refractivity contribution in [1.29, 1.82) is 0 Å². The second kappa shape index (κ2) is 4.75. The van der Waals surface area contributed by atoms with Crippen molar-refractivity contribution in [3.05, 3.63) is 24.3 Å². The molecule has 5 nitrogen and oxygen atoms in total. The average Bonchev–Trinajstić information content (AvgIpc) is 2.46. The van der Waals surface area contributed by atoms with Crippen molar-refractivity contribution in [2.75, 3.05) is 6.26 Å². The van der Waals surface area contributed by atoms with Gasteiger partial charge in [0.25, 0.3) is 0 Å². The van der Waals surface area contributed by atoms with E-state index in [4.69, 9.17) is 13.5 Å². The fourth-order valence-corrected chi connectivity index (χ4v) is 2.32. The normalized spacial score (nSPS) is 20.9. The second-order valence-corrected chi connectivity index (χ2v) is 7.52. The molecule has 0 saturated carbocycles. The van der Waals surface area contributed by atoms with E-state index >= 15 is 0 Å². The molecule has 0 radical (unpaired) electrons. The molecule has 1 aromatic carbocycles. The van der Waals surface area contributed by atoms with Crippen LogP contribution in [0.25, 0.3) is 0 Å². The molecule has 0 bridgehead atoms. The Morgan fingerprint density at radius 2 is 1.65 bits per heavy atom. The summed E-state index contributed by atoms with van der Waals surface area (Å²) >= 11 is 0. The summed E-state index contributed by atoms with van der Waals surface area (Å²) in [4.78, 5) is 0. The van der Waals surface area contributed by atoms with Crippen LogP contribution in [0.5, 0.6) is 5.75 Å². The van der Waals surface area contributed by atoms with Crippen molar-refractivity contribution < 1.29 is 21.9 Å². The van der Waals surface area contributed by atoms with Gasteiger partial charge >= 0.3 is 17.2 Å². The van der Waals surface area contributed by atoms with Crippen molar-refractivity contribution in [2.45, 2.75) is 38.9 Å². The van der Waals surface area contributed by atoms with Gasteiger partial charge in [0.05, 0.1) is 17.5 Å². The van der Waals surface area contributed by atoms with Crippen LogP contribution < -0.4 is 9.65 Å². The molecule has 0 spiro atoms. The number of rotatable bonds is 3. The zero-order valence-corrected chi connectivity index (χ0v) is 13.2. The number of hydrogen-bond acceptors (Lipinski definition) is 5. The summed E-state index contributed by atoms with van der Waals surface area (Å²) in [5.74, 6) is 0.250. The molecular formula is C13H19BO5S. The summed E-state index contributed by atoms with van der Waals surface area (Å²) in [6.07, 6.45) is 1.01. The highest BCUT2D eigenvalue weighted by Crippen LogP contribution is 2.36. The molecule has 20 heavy (non-hydrogen) atoms. The summed E-state index contributed by atoms with van der Waals surface area (Å²) in [7, 11) is -4.08. The van der Waals surface area contributed by atoms with Crippen LogP contribution in [-0.4, -0.2) is 33.0 Å². The van der Waals surface area contributed by atoms with Gasteiger partial charge in [-0.25, -0.2) is 0 Å². The fourth-order valence-electron chi connectivity index (χ4n) is 1.87. The maximum absolute atomic E-state index is 11.2. The molecular weight excluding hydrogens is 279 g/mol. The monoisotopic (exact) mass is 298 g/mol. The van der Waals surface area contributed by atoms with E-state index in [-0.39, 0.29) is 5.75 Å². The Labute approximate surface area is 120 Å². The minimum Gasteiger partial charge on any atom is -0.399 e. The van der Waals surface area contributed by atoms with E-state index in [1.54, 1.807) is 18.2 Å². The highest BCUT2D eigenvalue weighted by Gasteiger charge is 2.51. The van der Waals surface area contributed by atoms with Crippen molar-refractivity contribution in [3.8, 4) is 5.75 Å². The van der Waals surface area contributed by atoms with Gasteiger partial charge in [-0.05, 0) is 45.3 Å². The lowest BCUT2D eigenvalue weighted by Crippen LogP contribution is -2.41. The number of hydrogen-bond donors (Lipinski definition) is 0. The van der Waals surface area contributed by atoms with Crippen LogP contribution in [0, 0.1) is 0 Å². The van der Waals surface area contributed by atoms with Crippen molar-refractivity contribution in [3.63, 3.8) is 0 Å². The van der Waals surface area contributed by atoms with Gasteiger partial charge in [0.2, 0.25) is 0 Å². The third kappa shape index (κ3) is 3.16. The van der Waals surface area contributed by atoms with Crippen molar-refractivity contribution in [1.82, 2.24) is 0 Å². The first-order valence-corrected chi connectivity index (χ1v) is 8.17. The van der Waals surface area contributed by atoms with Crippen LogP contribution in [0.4, 0.5) is 0 Å². The summed E-state index contributed by atoms with van der Waals surface area (Å²) in [6.45, 7) is 7.85. The summed E-state index contributed by atoms with van der Waals surface area (Å²) in [6, 6.07) is 6.72. The third-order valence-corrected chi connectivity index (χ3v) is 4.13. The van der Waals surface area contributed by atoms with Crippen LogP contribution in [-0.2, 0) is 19.4 Å². The molecule has 0 atom stereocenters. The average molecular weight is 298 g/mol. The van der Waals surface area contributed by atoms with Gasteiger partial charge in [-0.3, -0.25) is 0 Å². The van der Waals surface area contributed by atoms with Gasteiger partial charge in [-0.2, -0.15) is 8.42 Å². The highest BCUT2D eigenvalue weighted by atomic mass is 32.2. The molecule has 1 heterocycles. The molecule has 2 rings (SSSR count). The van der Waals surface area contributed by atoms with Gasteiger partial charge in [-0.15, -0.1) is 0 Å². The molecule has 1 aliphatic rings. The molecule has 7 heteroatoms. The lowest BCUT2D eigenvalue weighted by atomic mass is 9.79. The molecule has 1 aliphatic heterocycles. The van der Waals surface area contributed by atoms with Crippen molar-refractivity contribution in [2.24, 2.45) is 0 Å². The SMILES string of the molecule is CC1(C)OB(c2cccc(OS(C)(=O)=O)c2)OC1(C)C. The van der Waals surface area contributed by atoms with E-state index in [2.05, 4.69) is 0 Å². The van der Waals surface area contributed by atoms with Gasteiger partial charge in [0.15, 0.2) is 0 Å². The Kier molecular flexibility index (Phi) is 3.65. The quantitative estimate of drug-likeness (QED) is 0.622. The smallest absolute Gasteiger partial charge is 0.399 e. The topological polar surface area (TPSA) is 61.8 Å². The molecule has 110 valence electrons. The van der Waals surface area contributed by atoms with Crippen LogP contribution in [0.2, 0.25) is 0 Å².